The lowest BCUT2D eigenvalue weighted by Gasteiger charge is -2.40. The molecule has 0 radical (unpaired) electrons. The van der Waals surface area contributed by atoms with Crippen molar-refractivity contribution in [1.29, 1.82) is 0 Å². The number of sulfonamides is 1. The zero-order valence-electron chi connectivity index (χ0n) is 17.0. The second-order valence-corrected chi connectivity index (χ2v) is 10.1. The Labute approximate surface area is 181 Å². The third kappa shape index (κ3) is 3.58. The Kier molecular flexibility index (Phi) is 4.86. The molecule has 32 heavy (non-hydrogen) atoms. The molecule has 2 aliphatic heterocycles. The minimum atomic E-state index is -3.46. The smallest absolute Gasteiger partial charge is 0.290 e. The molecule has 0 amide bonds. The molecule has 0 saturated carbocycles. The van der Waals surface area contributed by atoms with E-state index in [0.717, 1.165) is 6.26 Å². The van der Waals surface area contributed by atoms with Gasteiger partial charge in [-0.05, 0) is 18.9 Å². The number of anilines is 1. The number of halogens is 4. The average Bonchev–Trinajstić information content (AvgIpc) is 3.19. The van der Waals surface area contributed by atoms with E-state index in [4.69, 9.17) is 4.74 Å². The molecular weight excluding hydrogens is 452 g/mol. The summed E-state index contributed by atoms with van der Waals surface area (Å²) in [5.74, 6) is -2.88. The van der Waals surface area contributed by atoms with Crippen molar-refractivity contribution in [3.63, 3.8) is 0 Å². The summed E-state index contributed by atoms with van der Waals surface area (Å²) in [7, 11) is -3.46. The first-order valence-electron chi connectivity index (χ1n) is 10.1. The van der Waals surface area contributed by atoms with Gasteiger partial charge >= 0.3 is 0 Å². The van der Waals surface area contributed by atoms with Crippen LogP contribution in [-0.2, 0) is 22.4 Å². The number of nitrogens with zero attached hydrogens (tertiary/aromatic N) is 3. The Morgan fingerprint density at radius 1 is 1.28 bits per heavy atom. The van der Waals surface area contributed by atoms with E-state index in [0.29, 0.717) is 16.9 Å². The van der Waals surface area contributed by atoms with E-state index in [9.17, 15) is 26.0 Å². The SMILES string of the molecule is CS(=O)(=O)N[C@H]1COc2cc(-c3nc(N4CCC4C(F)F)nc4c3CCC4(F)F)ccc21. The van der Waals surface area contributed by atoms with Gasteiger partial charge in [-0.25, -0.2) is 31.9 Å². The number of benzene rings is 1. The molecule has 1 saturated heterocycles. The molecule has 1 aromatic carbocycles. The van der Waals surface area contributed by atoms with Gasteiger partial charge in [0.25, 0.3) is 12.3 Å². The fourth-order valence-electron chi connectivity index (χ4n) is 4.41. The van der Waals surface area contributed by atoms with Gasteiger partial charge in [0.05, 0.1) is 24.0 Å². The van der Waals surface area contributed by atoms with Crippen LogP contribution in [0, 0.1) is 0 Å². The number of ether oxygens (including phenoxy) is 1. The van der Waals surface area contributed by atoms with Crippen molar-refractivity contribution in [2.45, 2.75) is 43.7 Å². The van der Waals surface area contributed by atoms with Crippen molar-refractivity contribution in [3.8, 4) is 17.0 Å². The van der Waals surface area contributed by atoms with Gasteiger partial charge in [0.2, 0.25) is 16.0 Å². The van der Waals surface area contributed by atoms with Crippen LogP contribution in [0.2, 0.25) is 0 Å². The van der Waals surface area contributed by atoms with Crippen LogP contribution in [-0.4, -0.2) is 50.3 Å². The number of rotatable bonds is 5. The molecule has 0 spiro atoms. The summed E-state index contributed by atoms with van der Waals surface area (Å²) in [6.07, 6.45) is -1.70. The lowest BCUT2D eigenvalue weighted by atomic mass is 10.0. The fraction of sp³-hybridized carbons (Fsp3) is 0.500. The predicted octanol–water partition coefficient (Wildman–Crippen LogP) is 3.01. The molecule has 0 bridgehead atoms. The molecule has 1 N–H and O–H groups in total. The summed E-state index contributed by atoms with van der Waals surface area (Å²) < 4.78 is 86.8. The number of alkyl halides is 4. The Hall–Kier alpha value is -2.47. The number of nitrogens with one attached hydrogen (secondary N) is 1. The number of aromatic nitrogens is 2. The first-order valence-corrected chi connectivity index (χ1v) is 12.0. The van der Waals surface area contributed by atoms with E-state index < -0.39 is 46.6 Å². The zero-order chi connectivity index (χ0) is 22.8. The quantitative estimate of drug-likeness (QED) is 0.674. The monoisotopic (exact) mass is 472 g/mol. The predicted molar refractivity (Wildman–Crippen MR) is 108 cm³/mol. The number of hydrogen-bond donors (Lipinski definition) is 1. The maximum atomic E-state index is 14.5. The molecule has 12 heteroatoms. The van der Waals surface area contributed by atoms with Crippen molar-refractivity contribution < 1.29 is 30.7 Å². The highest BCUT2D eigenvalue weighted by Gasteiger charge is 2.45. The third-order valence-corrected chi connectivity index (χ3v) is 6.78. The van der Waals surface area contributed by atoms with Crippen LogP contribution in [0.25, 0.3) is 11.3 Å². The lowest BCUT2D eigenvalue weighted by Crippen LogP contribution is -2.53. The second-order valence-electron chi connectivity index (χ2n) is 8.29. The van der Waals surface area contributed by atoms with Gasteiger partial charge < -0.3 is 9.64 Å². The molecular formula is C20H20F4N4O3S. The number of fused-ring (bicyclic) bond motifs is 2. The second kappa shape index (κ2) is 7.27. The topological polar surface area (TPSA) is 84.4 Å². The minimum absolute atomic E-state index is 0.0619. The Bertz CT molecular complexity index is 1190. The molecule has 5 rings (SSSR count). The fourth-order valence-corrected chi connectivity index (χ4v) is 5.12. The first-order chi connectivity index (χ1) is 15.0. The van der Waals surface area contributed by atoms with Gasteiger partial charge in [0.1, 0.15) is 18.1 Å². The van der Waals surface area contributed by atoms with Crippen molar-refractivity contribution in [2.75, 3.05) is 24.3 Å². The molecule has 2 atom stereocenters. The van der Waals surface area contributed by atoms with Crippen molar-refractivity contribution in [3.05, 3.63) is 35.0 Å². The average molecular weight is 472 g/mol. The van der Waals surface area contributed by atoms with Crippen molar-refractivity contribution in [2.24, 2.45) is 0 Å². The molecule has 1 aromatic heterocycles. The summed E-state index contributed by atoms with van der Waals surface area (Å²) in [5.41, 5.74) is 1.23. The van der Waals surface area contributed by atoms with Crippen LogP contribution in [0.3, 0.4) is 0 Å². The largest absolute Gasteiger partial charge is 0.491 e. The standard InChI is InChI=1S/C20H20F4N4O3S/c1-32(29,30)27-13-9-31-15-8-10(2-3-11(13)15)16-12-4-6-20(23,24)17(12)26-19(25-16)28-7-5-14(28)18(21)22/h2-3,8,13-14,18,27H,4-7,9H2,1H3/t13-,14?/m0/s1. The molecule has 3 heterocycles. The maximum absolute atomic E-state index is 14.5. The minimum Gasteiger partial charge on any atom is -0.491 e. The van der Waals surface area contributed by atoms with E-state index in [2.05, 4.69) is 14.7 Å². The van der Waals surface area contributed by atoms with Gasteiger partial charge in [0.15, 0.2) is 0 Å². The van der Waals surface area contributed by atoms with Gasteiger partial charge in [0, 0.05) is 29.7 Å². The highest BCUT2D eigenvalue weighted by Crippen LogP contribution is 2.46. The van der Waals surface area contributed by atoms with Crippen LogP contribution < -0.4 is 14.4 Å². The first kappa shape index (κ1) is 21.4. The Balaban J connectivity index is 1.57. The van der Waals surface area contributed by atoms with Crippen molar-refractivity contribution >= 4 is 16.0 Å². The maximum Gasteiger partial charge on any atom is 0.290 e. The van der Waals surface area contributed by atoms with E-state index in [1.54, 1.807) is 18.2 Å². The molecule has 1 fully saturated rings. The third-order valence-electron chi connectivity index (χ3n) is 6.07. The number of hydrogen-bond acceptors (Lipinski definition) is 6. The molecule has 7 nitrogen and oxygen atoms in total. The van der Waals surface area contributed by atoms with Gasteiger partial charge in [-0.15, -0.1) is 0 Å². The summed E-state index contributed by atoms with van der Waals surface area (Å²) in [6.45, 7) is 0.367. The van der Waals surface area contributed by atoms with Gasteiger partial charge in [-0.3, -0.25) is 0 Å². The summed E-state index contributed by atoms with van der Waals surface area (Å²) in [4.78, 5) is 9.68. The Morgan fingerprint density at radius 3 is 2.72 bits per heavy atom. The highest BCUT2D eigenvalue weighted by molar-refractivity contribution is 7.88. The normalized spacial score (nSPS) is 23.6. The van der Waals surface area contributed by atoms with Crippen LogP contribution in [0.15, 0.2) is 18.2 Å². The summed E-state index contributed by atoms with van der Waals surface area (Å²) in [6, 6.07) is 3.27. The van der Waals surface area contributed by atoms with Crippen LogP contribution >= 0.6 is 0 Å². The van der Waals surface area contributed by atoms with E-state index in [1.807, 2.05) is 0 Å². The van der Waals surface area contributed by atoms with Crippen LogP contribution in [0.5, 0.6) is 5.75 Å². The van der Waals surface area contributed by atoms with Crippen LogP contribution in [0.1, 0.15) is 35.7 Å². The summed E-state index contributed by atoms with van der Waals surface area (Å²) >= 11 is 0. The highest BCUT2D eigenvalue weighted by atomic mass is 32.2. The molecule has 172 valence electrons. The van der Waals surface area contributed by atoms with Gasteiger partial charge in [-0.2, -0.15) is 8.78 Å². The van der Waals surface area contributed by atoms with E-state index >= 15 is 0 Å². The molecule has 1 aliphatic carbocycles. The van der Waals surface area contributed by atoms with Gasteiger partial charge in [-0.1, -0.05) is 12.1 Å². The summed E-state index contributed by atoms with van der Waals surface area (Å²) in [5, 5.41) is 0. The molecule has 3 aliphatic rings. The van der Waals surface area contributed by atoms with Crippen molar-refractivity contribution in [1.82, 2.24) is 14.7 Å². The van der Waals surface area contributed by atoms with E-state index in [1.165, 1.54) is 4.90 Å². The Morgan fingerprint density at radius 2 is 2.06 bits per heavy atom. The van der Waals surface area contributed by atoms with Crippen LogP contribution in [0.4, 0.5) is 23.5 Å². The zero-order valence-corrected chi connectivity index (χ0v) is 17.8. The lowest BCUT2D eigenvalue weighted by molar-refractivity contribution is -0.00600. The molecule has 2 aromatic rings. The van der Waals surface area contributed by atoms with E-state index in [-0.39, 0.29) is 43.2 Å². The molecule has 1 unspecified atom stereocenters.